The molecular formula is C21H21CuN5O4+2. The van der Waals surface area contributed by atoms with Crippen molar-refractivity contribution in [2.45, 2.75) is 0 Å². The number of pyridine rings is 2. The summed E-state index contributed by atoms with van der Waals surface area (Å²) in [6.07, 6.45) is 4.92. The molecule has 2 heterocycles. The predicted octanol–water partition coefficient (Wildman–Crippen LogP) is 2.86. The van der Waals surface area contributed by atoms with E-state index in [2.05, 4.69) is 44.8 Å². The quantitative estimate of drug-likeness (QED) is 0.160. The molecule has 0 saturated heterocycles. The number of primary amides is 1. The van der Waals surface area contributed by atoms with Crippen molar-refractivity contribution in [2.24, 2.45) is 10.8 Å². The Hall–Kier alpha value is -3.72. The number of aromatic nitrogens is 2. The minimum atomic E-state index is -0.624. The maximum atomic E-state index is 8.54. The van der Waals surface area contributed by atoms with E-state index in [9.17, 15) is 0 Å². The van der Waals surface area contributed by atoms with Gasteiger partial charge in [0.1, 0.15) is 0 Å². The predicted molar refractivity (Wildman–Crippen MR) is 117 cm³/mol. The molecule has 0 saturated carbocycles. The second-order valence-electron chi connectivity index (χ2n) is 5.84. The standard InChI is InChI=1S/C12H8N2.C9H11N3O3.Cu.H2O/c1-3-9-5-6-10-4-2-8-14-12(10)11(9)13-7-1;1-15-7-4-2-3-6(8(7)13)5-11-12-9(10)14;;/h1-8H;2-5H,1H3,(H4,10,11,12,13,14);;1H2/q;;+2;. The van der Waals surface area contributed by atoms with Gasteiger partial charge in [-0.15, -0.1) is 0 Å². The number of rotatable bonds is 3. The van der Waals surface area contributed by atoms with Gasteiger partial charge >= 0.3 is 28.8 Å². The van der Waals surface area contributed by atoms with E-state index in [4.69, 9.17) is 20.4 Å². The summed E-state index contributed by atoms with van der Waals surface area (Å²) in [5.74, 6) is 0.648. The van der Waals surface area contributed by atoms with E-state index in [0.29, 0.717) is 11.3 Å². The number of nitrogens with two attached hydrogens (primary N) is 1. The van der Waals surface area contributed by atoms with Crippen molar-refractivity contribution in [2.75, 3.05) is 7.11 Å². The van der Waals surface area contributed by atoms with Gasteiger partial charge < -0.3 is 21.1 Å². The fourth-order valence-electron chi connectivity index (χ4n) is 2.66. The second kappa shape index (κ2) is 12.1. The smallest absolute Gasteiger partial charge is 0.870 e. The van der Waals surface area contributed by atoms with Gasteiger partial charge in [0.05, 0.1) is 23.7 Å². The first-order valence-corrected chi connectivity index (χ1v) is 8.62. The van der Waals surface area contributed by atoms with Crippen LogP contribution in [0.15, 0.2) is 72.1 Å². The van der Waals surface area contributed by atoms with Gasteiger partial charge in [0.2, 0.25) is 5.75 Å². The number of amides is 2. The summed E-state index contributed by atoms with van der Waals surface area (Å²) in [5, 5.41) is 13.4. The number of benzene rings is 2. The van der Waals surface area contributed by atoms with Gasteiger partial charge in [-0.05, 0) is 24.3 Å². The van der Waals surface area contributed by atoms with Gasteiger partial charge in [0, 0.05) is 29.4 Å². The fraction of sp³-hybridized carbons (Fsp3) is 0.0476. The summed E-state index contributed by atoms with van der Waals surface area (Å²) in [6, 6.07) is 16.6. The molecule has 0 spiro atoms. The monoisotopic (exact) mass is 470 g/mol. The molecule has 0 aliphatic heterocycles. The van der Waals surface area contributed by atoms with E-state index in [1.54, 1.807) is 30.6 Å². The van der Waals surface area contributed by atoms with Crippen LogP contribution in [0.2, 0.25) is 0 Å². The number of para-hydroxylation sites is 1. The zero-order chi connectivity index (χ0) is 20.6. The van der Waals surface area contributed by atoms with Crippen LogP contribution < -0.4 is 10.5 Å². The Bertz CT molecular complexity index is 1130. The maximum Gasteiger partial charge on any atom is 2.00 e. The van der Waals surface area contributed by atoms with Crippen LogP contribution in [0.3, 0.4) is 0 Å². The Balaban J connectivity index is 0.000000291. The average molecular weight is 471 g/mol. The summed E-state index contributed by atoms with van der Waals surface area (Å²) < 4.78 is 4.95. The minimum absolute atomic E-state index is 0. The SMILES string of the molecule is COc1cccc(C=N[N-]C(N)=[OH+])c1[OH2+].[Cu+2].[OH-].c1cnc2c(c1)ccc1cccnc12. The third kappa shape index (κ3) is 6.38. The van der Waals surface area contributed by atoms with Gasteiger partial charge in [-0.2, -0.15) is 0 Å². The number of hydrogen-bond donors (Lipinski definition) is 1. The van der Waals surface area contributed by atoms with E-state index in [1.165, 1.54) is 13.3 Å². The van der Waals surface area contributed by atoms with E-state index in [0.717, 1.165) is 21.8 Å². The van der Waals surface area contributed by atoms with Gasteiger partial charge in [-0.25, -0.2) is 0 Å². The van der Waals surface area contributed by atoms with E-state index in [-0.39, 0.29) is 28.3 Å². The molecule has 9 nitrogen and oxygen atoms in total. The van der Waals surface area contributed by atoms with E-state index >= 15 is 0 Å². The Labute approximate surface area is 188 Å². The summed E-state index contributed by atoms with van der Waals surface area (Å²) in [6.45, 7) is 0. The van der Waals surface area contributed by atoms with Crippen LogP contribution in [-0.2, 0) is 17.1 Å². The van der Waals surface area contributed by atoms with Crippen molar-refractivity contribution in [1.82, 2.24) is 9.97 Å². The molecule has 2 aromatic heterocycles. The van der Waals surface area contributed by atoms with Crippen LogP contribution in [0.4, 0.5) is 0 Å². The molecular weight excluding hydrogens is 450 g/mol. The Kier molecular flexibility index (Phi) is 9.87. The van der Waals surface area contributed by atoms with Crippen molar-refractivity contribution in [1.29, 1.82) is 0 Å². The number of hydrogen-bond acceptors (Lipinski definition) is 5. The van der Waals surface area contributed by atoms with Crippen molar-refractivity contribution in [3.63, 3.8) is 0 Å². The van der Waals surface area contributed by atoms with Gasteiger partial charge in [0.15, 0.2) is 0 Å². The fourth-order valence-corrected chi connectivity index (χ4v) is 2.66. The van der Waals surface area contributed by atoms with Gasteiger partial charge in [0.25, 0.3) is 0 Å². The van der Waals surface area contributed by atoms with Crippen molar-refractivity contribution < 1.29 is 37.2 Å². The van der Waals surface area contributed by atoms with E-state index < -0.39 is 6.03 Å². The number of nitrogens with zero attached hydrogens (tertiary/aromatic N) is 4. The molecule has 0 unspecified atom stereocenters. The third-order valence-electron chi connectivity index (χ3n) is 3.98. The molecule has 6 N–H and O–H groups in total. The first-order chi connectivity index (χ1) is 14.1. The van der Waals surface area contributed by atoms with Crippen LogP contribution in [-0.4, -0.2) is 44.7 Å². The van der Waals surface area contributed by atoms with Crippen molar-refractivity contribution in [3.05, 3.63) is 78.0 Å². The van der Waals surface area contributed by atoms with Gasteiger partial charge in [-0.3, -0.25) is 25.3 Å². The zero-order valence-corrected chi connectivity index (χ0v) is 17.3. The number of ether oxygens (including phenoxy) is 1. The topological polar surface area (TPSA) is 162 Å². The Morgan fingerprint density at radius 1 is 1.03 bits per heavy atom. The Morgan fingerprint density at radius 2 is 1.61 bits per heavy atom. The molecule has 0 fully saturated rings. The Morgan fingerprint density at radius 3 is 2.13 bits per heavy atom. The largest absolute Gasteiger partial charge is 2.00 e. The zero-order valence-electron chi connectivity index (χ0n) is 16.4. The number of urea groups is 1. The number of fused-ring (bicyclic) bond motifs is 3. The molecule has 31 heavy (non-hydrogen) atoms. The van der Waals surface area contributed by atoms with Crippen LogP contribution in [0.1, 0.15) is 5.56 Å². The summed E-state index contributed by atoms with van der Waals surface area (Å²) >= 11 is 0. The van der Waals surface area contributed by atoms with Crippen LogP contribution in [0, 0.1) is 0 Å². The number of methoxy groups -OCH3 is 1. The molecule has 2 amide bonds. The van der Waals surface area contributed by atoms with Crippen LogP contribution in [0.25, 0.3) is 27.2 Å². The summed E-state index contributed by atoms with van der Waals surface area (Å²) in [4.78, 5) is 17.2. The van der Waals surface area contributed by atoms with E-state index in [1.807, 2.05) is 12.1 Å². The number of carbonyl (C=O) groups excluding carboxylic acids is 1. The molecule has 4 aromatic rings. The molecule has 0 bridgehead atoms. The molecule has 0 aliphatic rings. The normalized spacial score (nSPS) is 9.84. The summed E-state index contributed by atoms with van der Waals surface area (Å²) in [7, 11) is 1.48. The molecule has 4 rings (SSSR count). The van der Waals surface area contributed by atoms with Crippen molar-refractivity contribution in [3.8, 4) is 11.5 Å². The van der Waals surface area contributed by atoms with Crippen LogP contribution in [0.5, 0.6) is 11.5 Å². The molecule has 2 aromatic carbocycles. The minimum Gasteiger partial charge on any atom is -0.870 e. The van der Waals surface area contributed by atoms with Gasteiger partial charge in [-0.1, -0.05) is 30.3 Å². The first kappa shape index (κ1) is 25.3. The maximum absolute atomic E-state index is 8.54. The summed E-state index contributed by atoms with van der Waals surface area (Å²) in [5.41, 5.74) is 10.6. The second-order valence-corrected chi connectivity index (χ2v) is 5.84. The molecule has 163 valence electrons. The molecule has 0 aliphatic carbocycles. The van der Waals surface area contributed by atoms with Crippen LogP contribution >= 0.6 is 0 Å². The average Bonchev–Trinajstić information content (AvgIpc) is 2.75. The molecule has 1 radical (unpaired) electrons. The first-order valence-electron chi connectivity index (χ1n) is 8.62. The molecule has 10 heteroatoms. The molecule has 0 atom stereocenters. The van der Waals surface area contributed by atoms with Crippen molar-refractivity contribution >= 4 is 34.1 Å². The third-order valence-corrected chi connectivity index (χ3v) is 3.98.